The van der Waals surface area contributed by atoms with Crippen LogP contribution in [0.5, 0.6) is 0 Å². The normalized spacial score (nSPS) is 10.5. The third-order valence-electron chi connectivity index (χ3n) is 0.832. The van der Waals surface area contributed by atoms with E-state index in [1.54, 1.807) is 5.43 Å². The number of nitrogens with one attached hydrogen (secondary N) is 1. The fourth-order valence-electron chi connectivity index (χ4n) is 0.387. The summed E-state index contributed by atoms with van der Waals surface area (Å²) < 4.78 is 0. The molecule has 8 nitrogen and oxygen atoms in total. The molecule has 1 N–H and O–H groups in total. The summed E-state index contributed by atoms with van der Waals surface area (Å²) in [7, 11) is 2.54. The van der Waals surface area contributed by atoms with Gasteiger partial charge in [-0.2, -0.15) is 5.01 Å². The number of aliphatic imine (C=N–C) groups is 1. The average Bonchev–Trinajstić information content (AvgIpc) is 1.98. The van der Waals surface area contributed by atoms with Crippen molar-refractivity contribution in [3.05, 3.63) is 15.0 Å². The molecule has 0 spiro atoms. The molecule has 0 aromatic heterocycles. The van der Waals surface area contributed by atoms with Crippen LogP contribution < -0.4 is 5.43 Å². The van der Waals surface area contributed by atoms with Crippen molar-refractivity contribution in [2.45, 2.75) is 0 Å². The molecule has 11 heavy (non-hydrogen) atoms. The Bertz CT molecular complexity index is 189. The lowest BCUT2D eigenvalue weighted by Gasteiger charge is -2.06. The number of nitroso groups, excluding NO2 is 1. The van der Waals surface area contributed by atoms with E-state index in [2.05, 4.69) is 10.3 Å². The quantitative estimate of drug-likeness (QED) is 0.191. The van der Waals surface area contributed by atoms with Crippen molar-refractivity contribution >= 4 is 5.96 Å². The van der Waals surface area contributed by atoms with Gasteiger partial charge in [-0.1, -0.05) is 5.43 Å². The topological polar surface area (TPSA) is 100 Å². The minimum Gasteiger partial charge on any atom is -0.250 e. The van der Waals surface area contributed by atoms with E-state index < -0.39 is 5.03 Å². The maximum atomic E-state index is 9.83. The van der Waals surface area contributed by atoms with E-state index in [0.717, 1.165) is 0 Å². The molecule has 0 radical (unpaired) electrons. The predicted octanol–water partition coefficient (Wildman–Crippen LogP) is -0.633. The van der Waals surface area contributed by atoms with E-state index in [-0.39, 0.29) is 5.96 Å². The van der Waals surface area contributed by atoms with Crippen molar-refractivity contribution in [3.8, 4) is 0 Å². The Balaban J connectivity index is 4.18. The average molecular weight is 161 g/mol. The zero-order chi connectivity index (χ0) is 8.85. The smallest absolute Gasteiger partial charge is 0.250 e. The van der Waals surface area contributed by atoms with Crippen LogP contribution in [0.2, 0.25) is 0 Å². The number of hydrazine groups is 1. The standard InChI is InChI=1S/C3H7N5O3/c1-4-3(5-8(10)11)7(2)6-9/h1-2H3,(H,4,5). The highest BCUT2D eigenvalue weighted by Gasteiger charge is 2.09. The Hall–Kier alpha value is -1.73. The minimum atomic E-state index is -0.829. The third-order valence-corrected chi connectivity index (χ3v) is 0.832. The SMILES string of the molecule is CN=C(N[N+](=O)[O-])N(C)N=O. The van der Waals surface area contributed by atoms with Gasteiger partial charge in [0.1, 0.15) is 0 Å². The second-order valence-electron chi connectivity index (χ2n) is 1.52. The largest absolute Gasteiger partial charge is 0.279 e. The lowest BCUT2D eigenvalue weighted by molar-refractivity contribution is -0.526. The van der Waals surface area contributed by atoms with Gasteiger partial charge in [0.2, 0.25) is 0 Å². The molecule has 0 bridgehead atoms. The number of rotatable bonds is 2. The van der Waals surface area contributed by atoms with Crippen molar-refractivity contribution in [3.63, 3.8) is 0 Å². The second kappa shape index (κ2) is 4.14. The van der Waals surface area contributed by atoms with Gasteiger partial charge in [-0.15, -0.1) is 4.91 Å². The van der Waals surface area contributed by atoms with E-state index in [1.807, 2.05) is 0 Å². The summed E-state index contributed by atoms with van der Waals surface area (Å²) in [5.41, 5.74) is 1.68. The lowest BCUT2D eigenvalue weighted by Crippen LogP contribution is -2.38. The molecule has 0 saturated heterocycles. The van der Waals surface area contributed by atoms with Crippen molar-refractivity contribution in [1.29, 1.82) is 0 Å². The molecular weight excluding hydrogens is 154 g/mol. The van der Waals surface area contributed by atoms with Gasteiger partial charge in [-0.05, 0) is 0 Å². The van der Waals surface area contributed by atoms with Gasteiger partial charge in [0.05, 0.1) is 5.29 Å². The highest BCUT2D eigenvalue weighted by Crippen LogP contribution is 1.83. The molecule has 0 heterocycles. The third kappa shape index (κ3) is 3.08. The maximum absolute atomic E-state index is 9.83. The van der Waals surface area contributed by atoms with Crippen LogP contribution in [-0.4, -0.2) is 30.1 Å². The Labute approximate surface area is 62.0 Å². The van der Waals surface area contributed by atoms with Gasteiger partial charge in [-0.25, -0.2) is 10.1 Å². The van der Waals surface area contributed by atoms with Crippen LogP contribution in [0.4, 0.5) is 0 Å². The molecule has 0 aromatic carbocycles. The zero-order valence-corrected chi connectivity index (χ0v) is 6.01. The van der Waals surface area contributed by atoms with Crippen LogP contribution in [-0.2, 0) is 0 Å². The summed E-state index contributed by atoms with van der Waals surface area (Å²) in [6, 6.07) is 0. The van der Waals surface area contributed by atoms with Crippen LogP contribution in [0, 0.1) is 15.0 Å². The molecule has 62 valence electrons. The summed E-state index contributed by atoms with van der Waals surface area (Å²) in [6.07, 6.45) is 0. The van der Waals surface area contributed by atoms with Gasteiger partial charge in [0.25, 0.3) is 5.96 Å². The molecule has 0 aliphatic heterocycles. The molecule has 0 amide bonds. The van der Waals surface area contributed by atoms with Crippen LogP contribution in [0.15, 0.2) is 10.3 Å². The first-order chi connectivity index (χ1) is 5.11. The molecule has 0 rings (SSSR count). The van der Waals surface area contributed by atoms with E-state index in [4.69, 9.17) is 0 Å². The molecule has 0 aliphatic rings. The summed E-state index contributed by atoms with van der Waals surface area (Å²) in [5.74, 6) is -0.218. The van der Waals surface area contributed by atoms with Crippen molar-refractivity contribution < 1.29 is 5.03 Å². The zero-order valence-electron chi connectivity index (χ0n) is 6.01. The Morgan fingerprint density at radius 3 is 2.55 bits per heavy atom. The van der Waals surface area contributed by atoms with Crippen LogP contribution >= 0.6 is 0 Å². The van der Waals surface area contributed by atoms with Crippen LogP contribution in [0.1, 0.15) is 0 Å². The summed E-state index contributed by atoms with van der Waals surface area (Å²) in [5, 5.41) is 12.1. The summed E-state index contributed by atoms with van der Waals surface area (Å²) in [6.45, 7) is 0. The fourth-order valence-corrected chi connectivity index (χ4v) is 0.387. The highest BCUT2D eigenvalue weighted by atomic mass is 16.7. The Morgan fingerprint density at radius 1 is 1.73 bits per heavy atom. The first-order valence-corrected chi connectivity index (χ1v) is 2.56. The predicted molar refractivity (Wildman–Crippen MR) is 37.0 cm³/mol. The van der Waals surface area contributed by atoms with E-state index in [0.29, 0.717) is 5.01 Å². The minimum absolute atomic E-state index is 0.218. The van der Waals surface area contributed by atoms with Crippen LogP contribution in [0.25, 0.3) is 0 Å². The number of hydrogen-bond donors (Lipinski definition) is 1. The van der Waals surface area contributed by atoms with E-state index in [9.17, 15) is 15.0 Å². The highest BCUT2D eigenvalue weighted by molar-refractivity contribution is 5.77. The maximum Gasteiger partial charge on any atom is 0.279 e. The molecule has 8 heteroatoms. The second-order valence-corrected chi connectivity index (χ2v) is 1.52. The van der Waals surface area contributed by atoms with Gasteiger partial charge in [-0.3, -0.25) is 4.99 Å². The first-order valence-electron chi connectivity index (χ1n) is 2.56. The van der Waals surface area contributed by atoms with Crippen molar-refractivity contribution in [2.24, 2.45) is 10.3 Å². The van der Waals surface area contributed by atoms with Crippen molar-refractivity contribution in [2.75, 3.05) is 14.1 Å². The van der Waals surface area contributed by atoms with Gasteiger partial charge >= 0.3 is 0 Å². The molecule has 0 aliphatic carbocycles. The number of hydrogen-bond acceptors (Lipinski definition) is 5. The molecule has 0 atom stereocenters. The van der Waals surface area contributed by atoms with Crippen LogP contribution in [0.3, 0.4) is 0 Å². The molecule has 0 unspecified atom stereocenters. The fraction of sp³-hybridized carbons (Fsp3) is 0.667. The molecule has 0 fully saturated rings. The Kier molecular flexibility index (Phi) is 3.49. The lowest BCUT2D eigenvalue weighted by atomic mass is 10.9. The monoisotopic (exact) mass is 161 g/mol. The first kappa shape index (κ1) is 9.27. The van der Waals surface area contributed by atoms with Crippen molar-refractivity contribution in [1.82, 2.24) is 10.4 Å². The molecule has 0 saturated carbocycles. The number of guanidine groups is 1. The summed E-state index contributed by atoms with van der Waals surface area (Å²) in [4.78, 5) is 23.0. The van der Waals surface area contributed by atoms with Gasteiger partial charge in [0, 0.05) is 14.1 Å². The van der Waals surface area contributed by atoms with Gasteiger partial charge in [0.15, 0.2) is 5.03 Å². The van der Waals surface area contributed by atoms with Gasteiger partial charge < -0.3 is 0 Å². The Morgan fingerprint density at radius 2 is 2.27 bits per heavy atom. The van der Waals surface area contributed by atoms with E-state index >= 15 is 0 Å². The van der Waals surface area contributed by atoms with E-state index in [1.165, 1.54) is 14.1 Å². The number of nitro groups is 1. The molecule has 0 aromatic rings. The number of nitrogens with zero attached hydrogens (tertiary/aromatic N) is 4. The summed E-state index contributed by atoms with van der Waals surface area (Å²) >= 11 is 0. The molecular formula is C3H7N5O3.